The number of hydrogen-bond donors (Lipinski definition) is 2. The van der Waals surface area contributed by atoms with Crippen molar-refractivity contribution in [2.75, 3.05) is 20.2 Å². The second-order valence-corrected chi connectivity index (χ2v) is 4.20. The molecule has 0 bridgehead atoms. The van der Waals surface area contributed by atoms with Crippen molar-refractivity contribution in [3.05, 3.63) is 29.8 Å². The van der Waals surface area contributed by atoms with Crippen LogP contribution in [-0.4, -0.2) is 32.6 Å². The van der Waals surface area contributed by atoms with Gasteiger partial charge < -0.3 is 15.4 Å². The second kappa shape index (κ2) is 11.5. The van der Waals surface area contributed by atoms with Gasteiger partial charge in [0.2, 0.25) is 0 Å². The van der Waals surface area contributed by atoms with Crippen molar-refractivity contribution in [3.8, 4) is 5.75 Å². The number of rotatable bonds is 7. The molecular formula is C14H22F2IN3O. The summed E-state index contributed by atoms with van der Waals surface area (Å²) >= 11 is 0. The number of aliphatic imine (C=N–C) groups is 1. The fourth-order valence-corrected chi connectivity index (χ4v) is 1.55. The molecule has 1 rings (SSSR count). The first-order chi connectivity index (χ1) is 9.65. The molecule has 21 heavy (non-hydrogen) atoms. The van der Waals surface area contributed by atoms with Crippen LogP contribution in [0.3, 0.4) is 0 Å². The molecule has 0 aliphatic heterocycles. The zero-order valence-corrected chi connectivity index (χ0v) is 14.6. The summed E-state index contributed by atoms with van der Waals surface area (Å²) in [5.41, 5.74) is 0.941. The Bertz CT molecular complexity index is 430. The second-order valence-electron chi connectivity index (χ2n) is 4.20. The number of nitrogens with zero attached hydrogens (tertiary/aromatic N) is 1. The third-order valence-electron chi connectivity index (χ3n) is 2.50. The highest BCUT2D eigenvalue weighted by Crippen LogP contribution is 2.14. The molecule has 0 spiro atoms. The van der Waals surface area contributed by atoms with Crippen LogP contribution in [0, 0.1) is 0 Å². The van der Waals surface area contributed by atoms with E-state index in [0.29, 0.717) is 18.3 Å². The molecule has 0 heterocycles. The maximum Gasteiger partial charge on any atom is 0.272 e. The average Bonchev–Trinajstić information content (AvgIpc) is 2.46. The van der Waals surface area contributed by atoms with Gasteiger partial charge in [-0.25, -0.2) is 8.78 Å². The molecule has 0 amide bonds. The Labute approximate surface area is 141 Å². The Hall–Kier alpha value is -1.12. The van der Waals surface area contributed by atoms with Gasteiger partial charge in [0.15, 0.2) is 5.96 Å². The monoisotopic (exact) mass is 413 g/mol. The summed E-state index contributed by atoms with van der Waals surface area (Å²) in [7, 11) is 1.70. The minimum atomic E-state index is -2.46. The third kappa shape index (κ3) is 8.69. The smallest absolute Gasteiger partial charge is 0.272 e. The molecule has 1 aromatic rings. The molecule has 0 fully saturated rings. The summed E-state index contributed by atoms with van der Waals surface area (Å²) in [5.74, 6) is 1.16. The van der Waals surface area contributed by atoms with Crippen LogP contribution in [0.2, 0.25) is 0 Å². The lowest BCUT2D eigenvalue weighted by Gasteiger charge is -2.12. The van der Waals surface area contributed by atoms with Crippen molar-refractivity contribution >= 4 is 29.9 Å². The summed E-state index contributed by atoms with van der Waals surface area (Å²) < 4.78 is 29.1. The van der Waals surface area contributed by atoms with Gasteiger partial charge in [-0.1, -0.05) is 19.1 Å². The zero-order chi connectivity index (χ0) is 14.8. The van der Waals surface area contributed by atoms with Gasteiger partial charge >= 0.3 is 0 Å². The first-order valence-corrected chi connectivity index (χ1v) is 6.60. The number of halogens is 3. The van der Waals surface area contributed by atoms with Crippen molar-refractivity contribution < 1.29 is 13.5 Å². The van der Waals surface area contributed by atoms with Crippen LogP contribution in [-0.2, 0) is 6.54 Å². The standard InChI is InChI=1S/C14H21F2N3O.HI/c1-3-7-18-14(17-2)19-9-11-5-4-6-12(8-11)20-10-13(15)16;/h4-6,8,13H,3,7,9-10H2,1-2H3,(H2,17,18,19);1H. The predicted molar refractivity (Wildman–Crippen MR) is 91.8 cm³/mol. The Balaban J connectivity index is 0.00000400. The van der Waals surface area contributed by atoms with Gasteiger partial charge in [0.05, 0.1) is 0 Å². The van der Waals surface area contributed by atoms with Gasteiger partial charge in [0.25, 0.3) is 6.43 Å². The van der Waals surface area contributed by atoms with Gasteiger partial charge in [-0.2, -0.15) is 0 Å². The Morgan fingerprint density at radius 3 is 2.71 bits per heavy atom. The fraction of sp³-hybridized carbons (Fsp3) is 0.500. The Morgan fingerprint density at radius 2 is 2.10 bits per heavy atom. The normalized spacial score (nSPS) is 11.0. The molecule has 120 valence electrons. The molecule has 7 heteroatoms. The molecule has 1 aromatic carbocycles. The van der Waals surface area contributed by atoms with Gasteiger partial charge in [-0.3, -0.25) is 4.99 Å². The number of guanidine groups is 1. The van der Waals surface area contributed by atoms with Crippen LogP contribution in [0.15, 0.2) is 29.3 Å². The van der Waals surface area contributed by atoms with Gasteiger partial charge in [-0.15, -0.1) is 24.0 Å². The fourth-order valence-electron chi connectivity index (χ4n) is 1.55. The van der Waals surface area contributed by atoms with Gasteiger partial charge in [0, 0.05) is 20.1 Å². The van der Waals surface area contributed by atoms with E-state index in [4.69, 9.17) is 4.74 Å². The highest BCUT2D eigenvalue weighted by atomic mass is 127. The van der Waals surface area contributed by atoms with E-state index in [1.54, 1.807) is 25.2 Å². The molecule has 0 saturated carbocycles. The molecule has 0 aliphatic rings. The van der Waals surface area contributed by atoms with Crippen LogP contribution in [0.1, 0.15) is 18.9 Å². The number of hydrogen-bond acceptors (Lipinski definition) is 2. The quantitative estimate of drug-likeness (QED) is 0.411. The first-order valence-electron chi connectivity index (χ1n) is 6.60. The van der Waals surface area contributed by atoms with Crippen LogP contribution in [0.25, 0.3) is 0 Å². The van der Waals surface area contributed by atoms with Gasteiger partial charge in [-0.05, 0) is 24.1 Å². The van der Waals surface area contributed by atoms with Gasteiger partial charge in [0.1, 0.15) is 12.4 Å². The third-order valence-corrected chi connectivity index (χ3v) is 2.50. The maximum atomic E-state index is 12.1. The number of ether oxygens (including phenoxy) is 1. The summed E-state index contributed by atoms with van der Waals surface area (Å²) in [6.45, 7) is 2.88. The Kier molecular flexibility index (Phi) is 10.9. The lowest BCUT2D eigenvalue weighted by molar-refractivity contribution is 0.0818. The predicted octanol–water partition coefficient (Wildman–Crippen LogP) is 3.02. The van der Waals surface area contributed by atoms with Crippen molar-refractivity contribution in [2.24, 2.45) is 4.99 Å². The lowest BCUT2D eigenvalue weighted by atomic mass is 10.2. The summed E-state index contributed by atoms with van der Waals surface area (Å²) in [6.07, 6.45) is -1.45. The highest BCUT2D eigenvalue weighted by molar-refractivity contribution is 14.0. The van der Waals surface area contributed by atoms with E-state index in [1.807, 2.05) is 6.07 Å². The van der Waals surface area contributed by atoms with Crippen molar-refractivity contribution in [1.82, 2.24) is 10.6 Å². The molecular weight excluding hydrogens is 391 g/mol. The molecule has 0 aliphatic carbocycles. The summed E-state index contributed by atoms with van der Waals surface area (Å²) in [6, 6.07) is 7.08. The number of nitrogens with one attached hydrogen (secondary N) is 2. The van der Waals surface area contributed by atoms with E-state index < -0.39 is 13.0 Å². The number of alkyl halides is 2. The van der Waals surface area contributed by atoms with Crippen LogP contribution >= 0.6 is 24.0 Å². The van der Waals surface area contributed by atoms with Crippen LogP contribution in [0.4, 0.5) is 8.78 Å². The molecule has 2 N–H and O–H groups in total. The summed E-state index contributed by atoms with van der Waals surface area (Å²) in [4.78, 5) is 4.09. The number of benzene rings is 1. The van der Waals surface area contributed by atoms with E-state index in [2.05, 4.69) is 22.5 Å². The first kappa shape index (κ1) is 19.9. The van der Waals surface area contributed by atoms with E-state index in [1.165, 1.54) is 0 Å². The molecule has 4 nitrogen and oxygen atoms in total. The molecule has 0 aromatic heterocycles. The van der Waals surface area contributed by atoms with Crippen molar-refractivity contribution in [3.63, 3.8) is 0 Å². The van der Waals surface area contributed by atoms with Crippen molar-refractivity contribution in [2.45, 2.75) is 26.3 Å². The Morgan fingerprint density at radius 1 is 1.33 bits per heavy atom. The molecule has 0 saturated heterocycles. The topological polar surface area (TPSA) is 45.7 Å². The van der Waals surface area contributed by atoms with E-state index in [0.717, 1.165) is 18.5 Å². The van der Waals surface area contributed by atoms with Crippen LogP contribution < -0.4 is 15.4 Å². The van der Waals surface area contributed by atoms with E-state index in [-0.39, 0.29) is 24.0 Å². The molecule has 0 atom stereocenters. The van der Waals surface area contributed by atoms with Crippen LogP contribution in [0.5, 0.6) is 5.75 Å². The highest BCUT2D eigenvalue weighted by Gasteiger charge is 2.04. The van der Waals surface area contributed by atoms with E-state index in [9.17, 15) is 8.78 Å². The minimum Gasteiger partial charge on any atom is -0.488 e. The zero-order valence-electron chi connectivity index (χ0n) is 12.2. The summed E-state index contributed by atoms with van der Waals surface area (Å²) in [5, 5.41) is 6.30. The van der Waals surface area contributed by atoms with E-state index >= 15 is 0 Å². The minimum absolute atomic E-state index is 0. The largest absolute Gasteiger partial charge is 0.488 e. The lowest BCUT2D eigenvalue weighted by Crippen LogP contribution is -2.37. The SMILES string of the molecule is CCCNC(=NC)NCc1cccc(OCC(F)F)c1.I. The molecule has 0 radical (unpaired) electrons. The van der Waals surface area contributed by atoms with Crippen molar-refractivity contribution in [1.29, 1.82) is 0 Å². The molecule has 0 unspecified atom stereocenters. The maximum absolute atomic E-state index is 12.1. The average molecular weight is 413 g/mol.